The zero-order valence-electron chi connectivity index (χ0n) is 10.1. The minimum Gasteiger partial charge on any atom is -0.478 e. The molecule has 2 aromatic rings. The zero-order valence-corrected chi connectivity index (χ0v) is 10.1. The van der Waals surface area contributed by atoms with Gasteiger partial charge in [0.2, 0.25) is 0 Å². The third kappa shape index (κ3) is 2.18. The van der Waals surface area contributed by atoms with Gasteiger partial charge in [-0.05, 0) is 37.1 Å². The Morgan fingerprint density at radius 1 is 1.33 bits per heavy atom. The lowest BCUT2D eigenvalue weighted by Crippen LogP contribution is -2.06. The molecule has 2 rings (SSSR count). The molecule has 0 aliphatic rings. The first-order valence-electron chi connectivity index (χ1n) is 5.43. The third-order valence-electron chi connectivity index (χ3n) is 2.63. The van der Waals surface area contributed by atoms with Crippen LogP contribution in [-0.4, -0.2) is 11.1 Å². The Morgan fingerprint density at radius 3 is 2.72 bits per heavy atom. The first-order valence-corrected chi connectivity index (χ1v) is 5.43. The van der Waals surface area contributed by atoms with Crippen LogP contribution < -0.4 is 5.43 Å². The van der Waals surface area contributed by atoms with Crippen molar-refractivity contribution in [2.75, 3.05) is 0 Å². The maximum atomic E-state index is 12.1. The van der Waals surface area contributed by atoms with Gasteiger partial charge in [-0.2, -0.15) is 0 Å². The lowest BCUT2D eigenvalue weighted by molar-refractivity contribution is -0.131. The summed E-state index contributed by atoms with van der Waals surface area (Å²) in [6, 6.07) is 3.67. The van der Waals surface area contributed by atoms with Crippen LogP contribution in [0.5, 0.6) is 0 Å². The van der Waals surface area contributed by atoms with Crippen molar-refractivity contribution < 1.29 is 14.3 Å². The number of carboxylic acid groups (broad SMARTS) is 1. The molecular weight excluding hydrogens is 232 g/mol. The summed E-state index contributed by atoms with van der Waals surface area (Å²) in [6.07, 6.45) is 3.44. The number of carboxylic acids is 1. The SMILES string of the molecule is Cc1cc(C)c2occ(/C=C/C(=O)O)c(=O)c2c1. The second kappa shape index (κ2) is 4.49. The molecule has 1 heterocycles. The van der Waals surface area contributed by atoms with Crippen LogP contribution in [0.1, 0.15) is 16.7 Å². The van der Waals surface area contributed by atoms with Crippen LogP contribution in [0, 0.1) is 13.8 Å². The van der Waals surface area contributed by atoms with Crippen LogP contribution >= 0.6 is 0 Å². The Morgan fingerprint density at radius 2 is 2.06 bits per heavy atom. The van der Waals surface area contributed by atoms with E-state index in [1.165, 1.54) is 12.3 Å². The molecule has 0 aliphatic heterocycles. The number of hydrogen-bond donors (Lipinski definition) is 1. The van der Waals surface area contributed by atoms with Crippen LogP contribution in [0.25, 0.3) is 17.0 Å². The second-order valence-corrected chi connectivity index (χ2v) is 4.15. The van der Waals surface area contributed by atoms with Gasteiger partial charge in [0, 0.05) is 6.08 Å². The Hall–Kier alpha value is -2.36. The topological polar surface area (TPSA) is 67.5 Å². The van der Waals surface area contributed by atoms with Gasteiger partial charge in [-0.3, -0.25) is 4.79 Å². The molecule has 0 atom stereocenters. The van der Waals surface area contributed by atoms with E-state index in [1.54, 1.807) is 6.07 Å². The highest BCUT2D eigenvalue weighted by Crippen LogP contribution is 2.18. The minimum atomic E-state index is -1.10. The Labute approximate surface area is 103 Å². The van der Waals surface area contributed by atoms with E-state index < -0.39 is 5.97 Å². The number of carbonyl (C=O) groups is 1. The summed E-state index contributed by atoms with van der Waals surface area (Å²) in [4.78, 5) is 22.6. The maximum Gasteiger partial charge on any atom is 0.328 e. The largest absolute Gasteiger partial charge is 0.478 e. The Balaban J connectivity index is 2.71. The smallest absolute Gasteiger partial charge is 0.328 e. The van der Waals surface area contributed by atoms with E-state index >= 15 is 0 Å². The summed E-state index contributed by atoms with van der Waals surface area (Å²) in [5, 5.41) is 9.02. The van der Waals surface area contributed by atoms with Gasteiger partial charge in [0.05, 0.1) is 10.9 Å². The van der Waals surface area contributed by atoms with Crippen LogP contribution in [0.3, 0.4) is 0 Å². The van der Waals surface area contributed by atoms with Crippen molar-refractivity contribution in [2.24, 2.45) is 0 Å². The van der Waals surface area contributed by atoms with E-state index in [0.29, 0.717) is 11.0 Å². The first-order chi connectivity index (χ1) is 8.49. The fourth-order valence-corrected chi connectivity index (χ4v) is 1.89. The van der Waals surface area contributed by atoms with Gasteiger partial charge in [0.25, 0.3) is 0 Å². The normalized spacial score (nSPS) is 11.2. The molecule has 0 unspecified atom stereocenters. The van der Waals surface area contributed by atoms with Gasteiger partial charge in [-0.1, -0.05) is 6.07 Å². The van der Waals surface area contributed by atoms with Gasteiger partial charge >= 0.3 is 5.97 Å². The molecule has 18 heavy (non-hydrogen) atoms. The number of fused-ring (bicyclic) bond motifs is 1. The molecule has 1 aromatic heterocycles. The average molecular weight is 244 g/mol. The highest BCUT2D eigenvalue weighted by molar-refractivity contribution is 5.87. The molecule has 0 radical (unpaired) electrons. The van der Waals surface area contributed by atoms with E-state index in [0.717, 1.165) is 17.2 Å². The van der Waals surface area contributed by atoms with Gasteiger partial charge in [0.1, 0.15) is 11.8 Å². The molecule has 0 amide bonds. The van der Waals surface area contributed by atoms with Crippen molar-refractivity contribution in [3.05, 3.63) is 51.4 Å². The molecule has 92 valence electrons. The second-order valence-electron chi connectivity index (χ2n) is 4.15. The number of aliphatic carboxylic acids is 1. The molecule has 0 saturated carbocycles. The minimum absolute atomic E-state index is 0.222. The van der Waals surface area contributed by atoms with E-state index in [2.05, 4.69) is 0 Å². The van der Waals surface area contributed by atoms with Gasteiger partial charge in [-0.15, -0.1) is 0 Å². The predicted octanol–water partition coefficient (Wildman–Crippen LogP) is 2.51. The van der Waals surface area contributed by atoms with Crippen molar-refractivity contribution in [3.8, 4) is 0 Å². The van der Waals surface area contributed by atoms with E-state index in [9.17, 15) is 9.59 Å². The van der Waals surface area contributed by atoms with E-state index in [4.69, 9.17) is 9.52 Å². The summed E-state index contributed by atoms with van der Waals surface area (Å²) in [6.45, 7) is 3.76. The molecule has 0 bridgehead atoms. The lowest BCUT2D eigenvalue weighted by Gasteiger charge is -2.03. The molecule has 1 N–H and O–H groups in total. The van der Waals surface area contributed by atoms with Crippen LogP contribution in [0.4, 0.5) is 0 Å². The molecule has 0 aliphatic carbocycles. The van der Waals surface area contributed by atoms with Crippen molar-refractivity contribution in [1.29, 1.82) is 0 Å². The molecule has 0 spiro atoms. The molecule has 4 nitrogen and oxygen atoms in total. The van der Waals surface area contributed by atoms with Crippen molar-refractivity contribution in [2.45, 2.75) is 13.8 Å². The maximum absolute atomic E-state index is 12.1. The summed E-state index contributed by atoms with van der Waals surface area (Å²) in [5.74, 6) is -1.10. The highest BCUT2D eigenvalue weighted by Gasteiger charge is 2.08. The monoisotopic (exact) mass is 244 g/mol. The summed E-state index contributed by atoms with van der Waals surface area (Å²) >= 11 is 0. The number of rotatable bonds is 2. The first kappa shape index (κ1) is 12.1. The van der Waals surface area contributed by atoms with Gasteiger partial charge in [-0.25, -0.2) is 4.79 Å². The quantitative estimate of drug-likeness (QED) is 0.824. The van der Waals surface area contributed by atoms with Crippen molar-refractivity contribution in [1.82, 2.24) is 0 Å². The fourth-order valence-electron chi connectivity index (χ4n) is 1.89. The Kier molecular flexibility index (Phi) is 3.02. The highest BCUT2D eigenvalue weighted by atomic mass is 16.4. The van der Waals surface area contributed by atoms with Gasteiger partial charge in [0.15, 0.2) is 5.43 Å². The number of aryl methyl sites for hydroxylation is 2. The fraction of sp³-hybridized carbons (Fsp3) is 0.143. The predicted molar refractivity (Wildman–Crippen MR) is 68.6 cm³/mol. The number of hydrogen-bond acceptors (Lipinski definition) is 3. The van der Waals surface area contributed by atoms with Crippen molar-refractivity contribution in [3.63, 3.8) is 0 Å². The average Bonchev–Trinajstić information content (AvgIpc) is 2.29. The lowest BCUT2D eigenvalue weighted by atomic mass is 10.1. The zero-order chi connectivity index (χ0) is 13.3. The van der Waals surface area contributed by atoms with Crippen molar-refractivity contribution >= 4 is 23.0 Å². The summed E-state index contributed by atoms with van der Waals surface area (Å²) in [7, 11) is 0. The standard InChI is InChI=1S/C14H12O4/c1-8-5-9(2)14-11(6-8)13(17)10(7-18-14)3-4-12(15)16/h3-7H,1-2H3,(H,15,16)/b4-3+. The van der Waals surface area contributed by atoms with Crippen LogP contribution in [-0.2, 0) is 4.79 Å². The van der Waals surface area contributed by atoms with Crippen LogP contribution in [0.2, 0.25) is 0 Å². The Bertz CT molecular complexity index is 708. The third-order valence-corrected chi connectivity index (χ3v) is 2.63. The summed E-state index contributed by atoms with van der Waals surface area (Å²) in [5.41, 5.74) is 2.40. The molecular formula is C14H12O4. The van der Waals surface area contributed by atoms with E-state index in [-0.39, 0.29) is 11.0 Å². The molecule has 4 heteroatoms. The number of benzene rings is 1. The molecule has 1 aromatic carbocycles. The van der Waals surface area contributed by atoms with E-state index in [1.807, 2.05) is 19.9 Å². The van der Waals surface area contributed by atoms with Gasteiger partial charge < -0.3 is 9.52 Å². The molecule has 0 saturated heterocycles. The summed E-state index contributed by atoms with van der Waals surface area (Å²) < 4.78 is 5.40. The molecule has 0 fully saturated rings. The van der Waals surface area contributed by atoms with Crippen LogP contribution in [0.15, 0.2) is 33.7 Å².